The van der Waals surface area contributed by atoms with Gasteiger partial charge in [0.2, 0.25) is 0 Å². The van der Waals surface area contributed by atoms with Crippen LogP contribution in [-0.2, 0) is 9.09 Å². The van der Waals surface area contributed by atoms with E-state index in [0.29, 0.717) is 0 Å². The van der Waals surface area contributed by atoms with Crippen LogP contribution >= 0.6 is 30.4 Å². The third kappa shape index (κ3) is 42.8. The van der Waals surface area contributed by atoms with E-state index >= 15 is 0 Å². The van der Waals surface area contributed by atoms with Gasteiger partial charge in [-0.2, -0.15) is 0 Å². The average Bonchev–Trinajstić information content (AvgIpc) is 2.98. The van der Waals surface area contributed by atoms with Crippen molar-refractivity contribution in [1.82, 2.24) is 0 Å². The van der Waals surface area contributed by atoms with E-state index in [1.54, 1.807) is 0 Å². The maximum Gasteiger partial charge on any atom is 0.469 e. The van der Waals surface area contributed by atoms with Crippen molar-refractivity contribution in [3.8, 4) is 0 Å². The molecule has 0 aliphatic heterocycles. The zero-order valence-corrected chi connectivity index (χ0v) is 31.8. The number of halogens is 1. The highest BCUT2D eigenvalue weighted by Gasteiger charge is 2.12. The normalized spacial score (nSPS) is 12.0. The summed E-state index contributed by atoms with van der Waals surface area (Å²) in [6, 6.07) is 0. The minimum Gasteiger partial charge on any atom is -0.303 e. The first-order chi connectivity index (χ1) is 21.1. The van der Waals surface area contributed by atoms with Crippen LogP contribution in [0.3, 0.4) is 0 Å². The molecule has 0 aliphatic carbocycles. The highest BCUT2D eigenvalue weighted by atomic mass is 127. The molecule has 0 aromatic carbocycles. The molecule has 0 spiro atoms. The van der Waals surface area contributed by atoms with E-state index < -0.39 is 7.82 Å². The van der Waals surface area contributed by atoms with Gasteiger partial charge in [0, 0.05) is 0 Å². The van der Waals surface area contributed by atoms with Crippen LogP contribution in [0, 0.1) is 0 Å². The third-order valence-corrected chi connectivity index (χ3v) is 10.3. The van der Waals surface area contributed by atoms with Crippen molar-refractivity contribution in [1.29, 1.82) is 0 Å². The highest BCUT2D eigenvalue weighted by molar-refractivity contribution is 14.1. The number of phosphoric ester groups is 1. The molecule has 0 amide bonds. The largest absolute Gasteiger partial charge is 0.469 e. The fourth-order valence-corrected chi connectivity index (χ4v) is 7.12. The van der Waals surface area contributed by atoms with Gasteiger partial charge in [-0.15, -0.1) is 0 Å². The summed E-state index contributed by atoms with van der Waals surface area (Å²) in [6.45, 7) is 0.170. The molecule has 0 aromatic rings. The lowest BCUT2D eigenvalue weighted by Gasteiger charge is -2.05. The molecule has 4 nitrogen and oxygen atoms in total. The lowest BCUT2D eigenvalue weighted by molar-refractivity contribution is 0.193. The van der Waals surface area contributed by atoms with E-state index in [-0.39, 0.29) is 6.61 Å². The van der Waals surface area contributed by atoms with Crippen LogP contribution in [-0.4, -0.2) is 20.8 Å². The van der Waals surface area contributed by atoms with Gasteiger partial charge in [-0.25, -0.2) is 4.57 Å². The molecule has 0 heterocycles. The van der Waals surface area contributed by atoms with Crippen LogP contribution < -0.4 is 0 Å². The molecule has 2 N–H and O–H groups in total. The molecule has 0 unspecified atom stereocenters. The number of rotatable bonds is 38. The van der Waals surface area contributed by atoms with Gasteiger partial charge in [0.25, 0.3) is 0 Å². The lowest BCUT2D eigenvalue weighted by atomic mass is 10.0. The minimum absolute atomic E-state index is 0.170. The summed E-state index contributed by atoms with van der Waals surface area (Å²) in [7, 11) is -4.27. The molecular formula is C37H76IO4P. The molecule has 0 fully saturated rings. The van der Waals surface area contributed by atoms with Gasteiger partial charge in [0.1, 0.15) is 0 Å². The number of hydrogen-bond donors (Lipinski definition) is 2. The van der Waals surface area contributed by atoms with Gasteiger partial charge in [-0.05, 0) is 17.3 Å². The minimum atomic E-state index is -4.27. The maximum absolute atomic E-state index is 10.6. The molecule has 0 saturated heterocycles. The second kappa shape index (κ2) is 37.3. The Morgan fingerprint density at radius 1 is 0.326 bits per heavy atom. The summed E-state index contributed by atoms with van der Waals surface area (Å²) in [5, 5.41) is 0. The Bertz CT molecular complexity index is 557. The predicted octanol–water partition coefficient (Wildman–Crippen LogP) is 14.2. The quantitative estimate of drug-likeness (QED) is 0.0286. The first-order valence-electron chi connectivity index (χ1n) is 19.3. The zero-order valence-electron chi connectivity index (χ0n) is 28.7. The van der Waals surface area contributed by atoms with Crippen molar-refractivity contribution >= 4 is 30.4 Å². The number of alkyl halides is 1. The van der Waals surface area contributed by atoms with Crippen LogP contribution in [0.15, 0.2) is 0 Å². The van der Waals surface area contributed by atoms with E-state index in [9.17, 15) is 4.57 Å². The summed E-state index contributed by atoms with van der Waals surface area (Å²) in [5.74, 6) is 0. The van der Waals surface area contributed by atoms with Crippen molar-refractivity contribution in [3.63, 3.8) is 0 Å². The predicted molar refractivity (Wildman–Crippen MR) is 198 cm³/mol. The van der Waals surface area contributed by atoms with E-state index in [2.05, 4.69) is 27.1 Å². The van der Waals surface area contributed by atoms with Crippen molar-refractivity contribution in [3.05, 3.63) is 0 Å². The molecule has 0 radical (unpaired) electrons. The lowest BCUT2D eigenvalue weighted by Crippen LogP contribution is -1.92. The van der Waals surface area contributed by atoms with Crippen molar-refractivity contribution in [2.45, 2.75) is 225 Å². The molecule has 0 aliphatic rings. The molecular weight excluding hydrogens is 666 g/mol. The Kier molecular flexibility index (Phi) is 38.0. The topological polar surface area (TPSA) is 66.8 Å². The van der Waals surface area contributed by atoms with E-state index in [0.717, 1.165) is 19.3 Å². The molecule has 6 heteroatoms. The Labute approximate surface area is 283 Å². The molecule has 0 atom stereocenters. The maximum atomic E-state index is 10.6. The van der Waals surface area contributed by atoms with Crippen LogP contribution in [0.5, 0.6) is 0 Å². The average molecular weight is 743 g/mol. The molecule has 260 valence electrons. The molecule has 0 aromatic heterocycles. The number of phosphoric acid groups is 1. The van der Waals surface area contributed by atoms with E-state index in [4.69, 9.17) is 9.79 Å². The monoisotopic (exact) mass is 742 g/mol. The van der Waals surface area contributed by atoms with Crippen LogP contribution in [0.1, 0.15) is 225 Å². The number of hydrogen-bond acceptors (Lipinski definition) is 2. The van der Waals surface area contributed by atoms with Crippen molar-refractivity contribution in [2.75, 3.05) is 11.0 Å². The molecule has 0 rings (SSSR count). The fourth-order valence-electron chi connectivity index (χ4n) is 6.21. The van der Waals surface area contributed by atoms with Gasteiger partial charge < -0.3 is 9.79 Å². The summed E-state index contributed by atoms with van der Waals surface area (Å²) < 4.78 is 16.4. The number of unbranched alkanes of at least 4 members (excludes halogenated alkanes) is 34. The fraction of sp³-hybridized carbons (Fsp3) is 1.00. The summed E-state index contributed by atoms with van der Waals surface area (Å²) >= 11 is 2.50. The molecule has 0 bridgehead atoms. The summed E-state index contributed by atoms with van der Waals surface area (Å²) in [5.41, 5.74) is 0. The van der Waals surface area contributed by atoms with Crippen molar-refractivity contribution < 1.29 is 18.9 Å². The van der Waals surface area contributed by atoms with Crippen LogP contribution in [0.25, 0.3) is 0 Å². The Balaban J connectivity index is 3.05. The van der Waals surface area contributed by atoms with Gasteiger partial charge in [0.05, 0.1) is 6.61 Å². The highest BCUT2D eigenvalue weighted by Crippen LogP contribution is 2.35. The second-order valence-corrected chi connectivity index (χ2v) is 15.7. The van der Waals surface area contributed by atoms with Gasteiger partial charge in [-0.3, -0.25) is 4.52 Å². The summed E-state index contributed by atoms with van der Waals surface area (Å²) in [4.78, 5) is 17.3. The van der Waals surface area contributed by atoms with Gasteiger partial charge >= 0.3 is 7.82 Å². The summed E-state index contributed by atoms with van der Waals surface area (Å²) in [6.07, 6.45) is 48.9. The first kappa shape index (κ1) is 43.8. The van der Waals surface area contributed by atoms with E-state index in [1.807, 2.05) is 0 Å². The third-order valence-electron chi connectivity index (χ3n) is 9.04. The standard InChI is InChI=1S/C37H76IO4P/c38-36-34-32-30-28-26-24-22-20-18-16-14-12-10-8-6-4-2-1-3-5-7-9-11-13-15-17-19-21-23-25-27-29-31-33-35-37-42-43(39,40)41/h1-37H2,(H2,39,40,41). The van der Waals surface area contributed by atoms with Gasteiger partial charge in [0.15, 0.2) is 0 Å². The van der Waals surface area contributed by atoms with Crippen LogP contribution in [0.2, 0.25) is 0 Å². The first-order valence-corrected chi connectivity index (χ1v) is 22.4. The zero-order chi connectivity index (χ0) is 31.4. The van der Waals surface area contributed by atoms with Crippen molar-refractivity contribution in [2.24, 2.45) is 0 Å². The second-order valence-electron chi connectivity index (χ2n) is 13.4. The van der Waals surface area contributed by atoms with E-state index in [1.165, 1.54) is 210 Å². The Morgan fingerprint density at radius 2 is 0.488 bits per heavy atom. The SMILES string of the molecule is O=P(O)(O)OCCCCCCCCCCCCCCCCCCCCCCCCCCCCCCCCCCCCCI. The van der Waals surface area contributed by atoms with Crippen LogP contribution in [0.4, 0.5) is 0 Å². The smallest absolute Gasteiger partial charge is 0.303 e. The molecule has 0 saturated carbocycles. The van der Waals surface area contributed by atoms with Gasteiger partial charge in [-0.1, -0.05) is 234 Å². The molecule has 43 heavy (non-hydrogen) atoms. The Morgan fingerprint density at radius 3 is 0.651 bits per heavy atom. The Hall–Kier alpha value is 0.840.